The molecule has 0 saturated carbocycles. The highest BCUT2D eigenvalue weighted by Crippen LogP contribution is 2.33. The van der Waals surface area contributed by atoms with Crippen LogP contribution in [0.2, 0.25) is 0 Å². The molecule has 2 rings (SSSR count). The van der Waals surface area contributed by atoms with E-state index >= 15 is 0 Å². The van der Waals surface area contributed by atoms with Crippen LogP contribution < -0.4 is 4.90 Å². The minimum atomic E-state index is -0.507. The van der Waals surface area contributed by atoms with E-state index in [9.17, 15) is 4.79 Å². The van der Waals surface area contributed by atoms with Gasteiger partial charge < -0.3 is 4.74 Å². The van der Waals surface area contributed by atoms with Gasteiger partial charge in [-0.15, -0.1) is 0 Å². The largest absolute Gasteiger partial charge is 0.443 e. The molecule has 23 heavy (non-hydrogen) atoms. The van der Waals surface area contributed by atoms with Crippen molar-refractivity contribution in [2.45, 2.75) is 65.1 Å². The summed E-state index contributed by atoms with van der Waals surface area (Å²) in [6.07, 6.45) is 3.90. The Morgan fingerprint density at radius 3 is 2.61 bits per heavy atom. The van der Waals surface area contributed by atoms with Crippen LogP contribution in [0.15, 0.2) is 18.3 Å². The van der Waals surface area contributed by atoms with E-state index in [-0.39, 0.29) is 6.09 Å². The molecule has 5 heteroatoms. The molecule has 0 aromatic carbocycles. The predicted molar refractivity (Wildman–Crippen MR) is 92.7 cm³/mol. The van der Waals surface area contributed by atoms with E-state index in [4.69, 9.17) is 4.74 Å². The van der Waals surface area contributed by atoms with Gasteiger partial charge in [0.1, 0.15) is 11.4 Å². The highest BCUT2D eigenvalue weighted by molar-refractivity contribution is 5.85. The third kappa shape index (κ3) is 4.44. The normalized spacial score (nSPS) is 19.2. The first-order valence-electron chi connectivity index (χ1n) is 8.37. The molecule has 2 heterocycles. The number of aromatic nitrogens is 1. The van der Waals surface area contributed by atoms with Crippen molar-refractivity contribution in [3.63, 3.8) is 0 Å². The van der Waals surface area contributed by atoms with Crippen LogP contribution in [0.4, 0.5) is 10.6 Å². The van der Waals surface area contributed by atoms with Crippen LogP contribution in [-0.2, 0) is 4.74 Å². The number of carbonyl (C=O) groups is 1. The number of nitrogens with zero attached hydrogens (tertiary/aromatic N) is 3. The molecule has 1 amide bonds. The van der Waals surface area contributed by atoms with Gasteiger partial charge in [-0.25, -0.2) is 9.78 Å². The van der Waals surface area contributed by atoms with Gasteiger partial charge in [-0.3, -0.25) is 9.80 Å². The Labute approximate surface area is 139 Å². The van der Waals surface area contributed by atoms with E-state index in [1.807, 2.05) is 33.0 Å². The second-order valence-corrected chi connectivity index (χ2v) is 7.48. The number of hydrogen-bond acceptors (Lipinski definition) is 4. The van der Waals surface area contributed by atoms with Crippen LogP contribution in [-0.4, -0.2) is 41.2 Å². The molecule has 1 aromatic rings. The fourth-order valence-corrected chi connectivity index (χ4v) is 2.98. The number of rotatable bonds is 3. The van der Waals surface area contributed by atoms with Gasteiger partial charge >= 0.3 is 6.09 Å². The Morgan fingerprint density at radius 1 is 1.39 bits per heavy atom. The molecule has 0 aliphatic carbocycles. The van der Waals surface area contributed by atoms with Crippen LogP contribution in [0.5, 0.6) is 0 Å². The van der Waals surface area contributed by atoms with E-state index in [1.165, 1.54) is 23.3 Å². The maximum Gasteiger partial charge on any atom is 0.415 e. The van der Waals surface area contributed by atoms with E-state index < -0.39 is 5.60 Å². The lowest BCUT2D eigenvalue weighted by Crippen LogP contribution is -2.34. The van der Waals surface area contributed by atoms with Gasteiger partial charge in [-0.05, 0) is 65.6 Å². The smallest absolute Gasteiger partial charge is 0.415 e. The minimum absolute atomic E-state index is 0.387. The molecule has 1 saturated heterocycles. The molecule has 0 N–H and O–H groups in total. The van der Waals surface area contributed by atoms with Crippen molar-refractivity contribution in [3.05, 3.63) is 23.9 Å². The summed E-state index contributed by atoms with van der Waals surface area (Å²) in [6, 6.07) is 4.94. The average molecular weight is 319 g/mol. The van der Waals surface area contributed by atoms with Crippen LogP contribution in [0.3, 0.4) is 0 Å². The highest BCUT2D eigenvalue weighted by Gasteiger charge is 2.28. The quantitative estimate of drug-likeness (QED) is 0.845. The van der Waals surface area contributed by atoms with Crippen molar-refractivity contribution < 1.29 is 9.53 Å². The van der Waals surface area contributed by atoms with E-state index in [2.05, 4.69) is 29.8 Å². The molecule has 0 spiro atoms. The summed E-state index contributed by atoms with van der Waals surface area (Å²) >= 11 is 0. The Morgan fingerprint density at radius 2 is 2.09 bits per heavy atom. The molecule has 1 aliphatic rings. The second kappa shape index (κ2) is 6.87. The van der Waals surface area contributed by atoms with Crippen molar-refractivity contribution in [3.8, 4) is 0 Å². The zero-order chi connectivity index (χ0) is 17.2. The van der Waals surface area contributed by atoms with Gasteiger partial charge in [0.25, 0.3) is 0 Å². The van der Waals surface area contributed by atoms with Crippen molar-refractivity contribution in [2.24, 2.45) is 0 Å². The number of likely N-dealkylation sites (tertiary alicyclic amines) is 1. The maximum absolute atomic E-state index is 12.1. The van der Waals surface area contributed by atoms with Gasteiger partial charge in [-0.2, -0.15) is 0 Å². The number of ether oxygens (including phenoxy) is 1. The number of amides is 1. The summed E-state index contributed by atoms with van der Waals surface area (Å²) in [5, 5.41) is 0. The maximum atomic E-state index is 12.1. The Bertz CT molecular complexity index is 534. The molecule has 1 aliphatic heterocycles. The lowest BCUT2D eigenvalue weighted by atomic mass is 10.1. The summed E-state index contributed by atoms with van der Waals surface area (Å²) in [7, 11) is 1.69. The number of hydrogen-bond donors (Lipinski definition) is 0. The highest BCUT2D eigenvalue weighted by atomic mass is 16.6. The predicted octanol–water partition coefficient (Wildman–Crippen LogP) is 4.00. The lowest BCUT2D eigenvalue weighted by Gasteiger charge is -2.28. The molecular weight excluding hydrogens is 290 g/mol. The Hall–Kier alpha value is -1.62. The van der Waals surface area contributed by atoms with Gasteiger partial charge in [-0.1, -0.05) is 6.07 Å². The molecule has 0 unspecified atom stereocenters. The zero-order valence-electron chi connectivity index (χ0n) is 15.2. The monoisotopic (exact) mass is 319 g/mol. The SMILES string of the molecule is CC(C)N1CCC[C@H]1c1ccc(N(C)C(=O)OC(C)(C)C)nc1. The molecule has 128 valence electrons. The van der Waals surface area contributed by atoms with E-state index in [0.717, 1.165) is 6.54 Å². The first kappa shape index (κ1) is 17.7. The van der Waals surface area contributed by atoms with Crippen LogP contribution in [0, 0.1) is 0 Å². The van der Waals surface area contributed by atoms with Gasteiger partial charge in [0.15, 0.2) is 0 Å². The average Bonchev–Trinajstić information content (AvgIpc) is 2.94. The summed E-state index contributed by atoms with van der Waals surface area (Å²) in [5.74, 6) is 0.608. The summed E-state index contributed by atoms with van der Waals surface area (Å²) in [4.78, 5) is 20.5. The lowest BCUT2D eigenvalue weighted by molar-refractivity contribution is 0.0588. The number of carbonyl (C=O) groups excluding carboxylic acids is 1. The summed E-state index contributed by atoms with van der Waals surface area (Å²) < 4.78 is 5.37. The first-order valence-corrected chi connectivity index (χ1v) is 8.37. The Balaban J connectivity index is 2.09. The van der Waals surface area contributed by atoms with Crippen molar-refractivity contribution in [2.75, 3.05) is 18.5 Å². The van der Waals surface area contributed by atoms with Crippen LogP contribution in [0.1, 0.15) is 59.1 Å². The van der Waals surface area contributed by atoms with Crippen LogP contribution in [0.25, 0.3) is 0 Å². The summed E-state index contributed by atoms with van der Waals surface area (Å²) in [5.41, 5.74) is 0.713. The van der Waals surface area contributed by atoms with Crippen molar-refractivity contribution in [1.82, 2.24) is 9.88 Å². The zero-order valence-corrected chi connectivity index (χ0v) is 15.2. The van der Waals surface area contributed by atoms with Crippen molar-refractivity contribution in [1.29, 1.82) is 0 Å². The molecule has 1 fully saturated rings. The van der Waals surface area contributed by atoms with E-state index in [0.29, 0.717) is 17.9 Å². The number of pyridine rings is 1. The van der Waals surface area contributed by atoms with E-state index in [1.54, 1.807) is 7.05 Å². The molecule has 1 atom stereocenters. The first-order chi connectivity index (χ1) is 10.7. The molecular formula is C18H29N3O2. The fraction of sp³-hybridized carbons (Fsp3) is 0.667. The minimum Gasteiger partial charge on any atom is -0.443 e. The molecule has 5 nitrogen and oxygen atoms in total. The van der Waals surface area contributed by atoms with Crippen LogP contribution >= 0.6 is 0 Å². The number of anilines is 1. The third-order valence-corrected chi connectivity index (χ3v) is 4.12. The van der Waals surface area contributed by atoms with Gasteiger partial charge in [0, 0.05) is 25.3 Å². The molecule has 0 bridgehead atoms. The van der Waals surface area contributed by atoms with Gasteiger partial charge in [0.05, 0.1) is 0 Å². The third-order valence-electron chi connectivity index (χ3n) is 4.12. The standard InChI is InChI=1S/C18H29N3O2/c1-13(2)21-11-7-8-15(21)14-9-10-16(19-12-14)20(6)17(22)23-18(3,4)5/h9-10,12-13,15H,7-8,11H2,1-6H3/t15-/m0/s1. The fourth-order valence-electron chi connectivity index (χ4n) is 2.98. The Kier molecular flexibility index (Phi) is 5.30. The molecule has 1 aromatic heterocycles. The van der Waals surface area contributed by atoms with Gasteiger partial charge in [0.2, 0.25) is 0 Å². The molecule has 0 radical (unpaired) electrons. The topological polar surface area (TPSA) is 45.7 Å². The second-order valence-electron chi connectivity index (χ2n) is 7.48. The summed E-state index contributed by atoms with van der Waals surface area (Å²) in [6.45, 7) is 11.2. The van der Waals surface area contributed by atoms with Crippen molar-refractivity contribution >= 4 is 11.9 Å².